The van der Waals surface area contributed by atoms with E-state index in [1.165, 1.54) is 42.5 Å². The number of phenols is 1. The standard InChI is InChI=1S/C20H15N3O7S2.Na/c21-13-5-7-15-12(8-13)9-18(32(28,29)30)19(20(15)24)23-22-17-3-1-2-11-4-6-14(10-16(11)17)31(25,26)27;/h1-10,24H,21H2,(H,25,26,27)(H,28,29,30);/q;+1/p-1. The van der Waals surface area contributed by atoms with E-state index in [1.807, 2.05) is 0 Å². The maximum Gasteiger partial charge on any atom is 1.00 e. The third kappa shape index (κ3) is 5.01. The van der Waals surface area contributed by atoms with E-state index in [4.69, 9.17) is 5.73 Å². The van der Waals surface area contributed by atoms with Gasteiger partial charge in [-0.15, -0.1) is 10.2 Å². The maximum absolute atomic E-state index is 11.8. The molecule has 10 nitrogen and oxygen atoms in total. The fourth-order valence-corrected chi connectivity index (χ4v) is 4.40. The van der Waals surface area contributed by atoms with Gasteiger partial charge in [-0.1, -0.05) is 18.2 Å². The second kappa shape index (κ2) is 8.99. The van der Waals surface area contributed by atoms with Gasteiger partial charge < -0.3 is 15.4 Å². The summed E-state index contributed by atoms with van der Waals surface area (Å²) in [5, 5.41) is 19.6. The molecule has 4 rings (SSSR count). The zero-order valence-corrected chi connectivity index (χ0v) is 20.6. The Morgan fingerprint density at radius 1 is 0.848 bits per heavy atom. The Kier molecular flexibility index (Phi) is 6.82. The number of benzene rings is 4. The molecule has 33 heavy (non-hydrogen) atoms. The molecule has 0 aromatic heterocycles. The van der Waals surface area contributed by atoms with Crippen LogP contribution in [0.1, 0.15) is 0 Å². The molecular weight excluding hydrogens is 481 g/mol. The van der Waals surface area contributed by atoms with Gasteiger partial charge in [-0.05, 0) is 53.2 Å². The zero-order valence-electron chi connectivity index (χ0n) is 17.0. The average molecular weight is 495 g/mol. The van der Waals surface area contributed by atoms with Crippen LogP contribution in [0.25, 0.3) is 21.5 Å². The number of rotatable bonds is 4. The number of aromatic hydroxyl groups is 1. The first-order valence-corrected chi connectivity index (χ1v) is 11.7. The van der Waals surface area contributed by atoms with Gasteiger partial charge in [0.15, 0.2) is 5.75 Å². The van der Waals surface area contributed by atoms with E-state index >= 15 is 0 Å². The monoisotopic (exact) mass is 495 g/mol. The number of nitrogens with two attached hydrogens (primary N) is 1. The topological polar surface area (TPSA) is 183 Å². The Morgan fingerprint density at radius 3 is 2.24 bits per heavy atom. The molecule has 0 radical (unpaired) electrons. The Hall–Kier alpha value is -2.58. The molecule has 13 heteroatoms. The van der Waals surface area contributed by atoms with Crippen LogP contribution in [0.3, 0.4) is 0 Å². The summed E-state index contributed by atoms with van der Waals surface area (Å²) in [5.74, 6) is -0.584. The molecule has 0 spiro atoms. The van der Waals surface area contributed by atoms with Crippen molar-refractivity contribution in [3.63, 3.8) is 0 Å². The quantitative estimate of drug-likeness (QED) is 0.161. The summed E-state index contributed by atoms with van der Waals surface area (Å²) in [4.78, 5) is -1.17. The normalized spacial score (nSPS) is 12.3. The molecule has 4 aromatic rings. The maximum atomic E-state index is 11.8. The van der Waals surface area contributed by atoms with Crippen LogP contribution in [0.15, 0.2) is 80.7 Å². The molecule has 0 atom stereocenters. The number of nitrogens with zero attached hydrogens (tertiary/aromatic N) is 2. The first-order chi connectivity index (χ1) is 14.9. The summed E-state index contributed by atoms with van der Waals surface area (Å²) in [6.07, 6.45) is 0. The van der Waals surface area contributed by atoms with Crippen molar-refractivity contribution < 1.29 is 60.6 Å². The molecule has 0 aliphatic rings. The van der Waals surface area contributed by atoms with E-state index < -0.39 is 36.6 Å². The van der Waals surface area contributed by atoms with Gasteiger partial charge in [0, 0.05) is 16.5 Å². The van der Waals surface area contributed by atoms with E-state index in [0.717, 1.165) is 6.07 Å². The molecule has 0 fully saturated rings. The summed E-state index contributed by atoms with van der Waals surface area (Å²) in [5.41, 5.74) is 5.53. The summed E-state index contributed by atoms with van der Waals surface area (Å²) in [6.45, 7) is 0. The van der Waals surface area contributed by atoms with Gasteiger partial charge in [-0.3, -0.25) is 4.55 Å². The van der Waals surface area contributed by atoms with Crippen molar-refractivity contribution >= 4 is 58.8 Å². The molecule has 164 valence electrons. The van der Waals surface area contributed by atoms with Gasteiger partial charge >= 0.3 is 29.6 Å². The summed E-state index contributed by atoms with van der Waals surface area (Å²) in [6, 6.07) is 13.9. The first kappa shape index (κ1) is 25.1. The van der Waals surface area contributed by atoms with Crippen molar-refractivity contribution in [3.05, 3.63) is 60.7 Å². The smallest absolute Gasteiger partial charge is 0.744 e. The van der Waals surface area contributed by atoms with Crippen LogP contribution in [-0.2, 0) is 20.2 Å². The molecule has 0 saturated heterocycles. The van der Waals surface area contributed by atoms with Crippen LogP contribution in [-0.4, -0.2) is 31.0 Å². The molecular formula is C20H14N3NaO7S2. The van der Waals surface area contributed by atoms with Gasteiger partial charge in [0.1, 0.15) is 15.8 Å². The van der Waals surface area contributed by atoms with Crippen LogP contribution in [0.2, 0.25) is 0 Å². The van der Waals surface area contributed by atoms with E-state index in [2.05, 4.69) is 10.2 Å². The number of hydrogen-bond donors (Lipinski definition) is 3. The fourth-order valence-electron chi connectivity index (χ4n) is 3.24. The third-order valence-corrected chi connectivity index (χ3v) is 6.43. The average Bonchev–Trinajstić information content (AvgIpc) is 2.71. The number of anilines is 1. The number of hydrogen-bond acceptors (Lipinski definition) is 9. The number of fused-ring (bicyclic) bond motifs is 2. The van der Waals surface area contributed by atoms with E-state index in [9.17, 15) is 31.0 Å². The van der Waals surface area contributed by atoms with Gasteiger partial charge in [-0.2, -0.15) is 8.42 Å². The molecule has 0 unspecified atom stereocenters. The second-order valence-corrected chi connectivity index (χ2v) is 9.61. The Balaban J connectivity index is 0.00000306. The minimum absolute atomic E-state index is 0. The van der Waals surface area contributed by atoms with Crippen LogP contribution in [0, 0.1) is 0 Å². The zero-order chi connectivity index (χ0) is 23.3. The molecule has 0 heterocycles. The van der Waals surface area contributed by atoms with Crippen molar-refractivity contribution in [3.8, 4) is 5.75 Å². The van der Waals surface area contributed by atoms with Gasteiger partial charge in [-0.25, -0.2) is 8.42 Å². The van der Waals surface area contributed by atoms with Crippen LogP contribution >= 0.6 is 0 Å². The van der Waals surface area contributed by atoms with Gasteiger partial charge in [0.2, 0.25) is 0 Å². The summed E-state index contributed by atoms with van der Waals surface area (Å²) in [7, 11) is -9.53. The number of azo groups is 1. The number of phenolic OH excluding ortho intramolecular Hbond substituents is 1. The van der Waals surface area contributed by atoms with Crippen LogP contribution in [0.5, 0.6) is 5.75 Å². The minimum Gasteiger partial charge on any atom is -0.744 e. The van der Waals surface area contributed by atoms with Crippen molar-refractivity contribution in [2.75, 3.05) is 5.73 Å². The van der Waals surface area contributed by atoms with E-state index in [-0.39, 0.29) is 56.3 Å². The fraction of sp³-hybridized carbons (Fsp3) is 0. The van der Waals surface area contributed by atoms with Crippen molar-refractivity contribution in [2.24, 2.45) is 10.2 Å². The Labute approximate surface area is 210 Å². The molecule has 0 aliphatic carbocycles. The summed E-state index contributed by atoms with van der Waals surface area (Å²) >= 11 is 0. The molecule has 4 aromatic carbocycles. The predicted molar refractivity (Wildman–Crippen MR) is 116 cm³/mol. The molecule has 0 amide bonds. The van der Waals surface area contributed by atoms with E-state index in [0.29, 0.717) is 11.1 Å². The molecule has 0 bridgehead atoms. The first-order valence-electron chi connectivity index (χ1n) is 8.88. The second-order valence-electron chi connectivity index (χ2n) is 6.84. The largest absolute Gasteiger partial charge is 1.00 e. The molecule has 4 N–H and O–H groups in total. The van der Waals surface area contributed by atoms with Crippen molar-refractivity contribution in [1.82, 2.24) is 0 Å². The Morgan fingerprint density at radius 2 is 1.58 bits per heavy atom. The minimum atomic E-state index is -5.05. The van der Waals surface area contributed by atoms with Gasteiger partial charge in [0.25, 0.3) is 10.1 Å². The third-order valence-electron chi connectivity index (χ3n) is 4.73. The van der Waals surface area contributed by atoms with Crippen molar-refractivity contribution in [1.29, 1.82) is 0 Å². The Bertz CT molecular complexity index is 1650. The van der Waals surface area contributed by atoms with Crippen LogP contribution < -0.4 is 35.3 Å². The SMILES string of the molecule is Nc1ccc2c(O)c(N=Nc3cccc4ccc(S(=O)(=O)O)cc34)c(S(=O)(=O)[O-])cc2c1.[Na+]. The van der Waals surface area contributed by atoms with Crippen LogP contribution in [0.4, 0.5) is 17.1 Å². The van der Waals surface area contributed by atoms with Gasteiger partial charge in [0.05, 0.1) is 15.5 Å². The number of nitrogen functional groups attached to an aromatic ring is 1. The molecule has 0 aliphatic heterocycles. The van der Waals surface area contributed by atoms with Crippen molar-refractivity contribution in [2.45, 2.75) is 9.79 Å². The van der Waals surface area contributed by atoms with E-state index in [1.54, 1.807) is 12.1 Å². The summed E-state index contributed by atoms with van der Waals surface area (Å²) < 4.78 is 67.7. The predicted octanol–water partition coefficient (Wildman–Crippen LogP) is 0.851. The molecule has 0 saturated carbocycles.